The molecule has 1 unspecified atom stereocenters. The van der Waals surface area contributed by atoms with Crippen molar-refractivity contribution in [3.05, 3.63) is 32.3 Å². The van der Waals surface area contributed by atoms with Gasteiger partial charge in [0.2, 0.25) is 5.91 Å². The Kier molecular flexibility index (Phi) is 6.16. The van der Waals surface area contributed by atoms with Crippen LogP contribution in [0.4, 0.5) is 10.7 Å². The van der Waals surface area contributed by atoms with Crippen LogP contribution in [-0.2, 0) is 22.4 Å². The summed E-state index contributed by atoms with van der Waals surface area (Å²) in [6.45, 7) is 3.53. The van der Waals surface area contributed by atoms with Crippen LogP contribution in [0.25, 0.3) is 0 Å². The molecule has 0 aromatic carbocycles. The predicted octanol–water partition coefficient (Wildman–Crippen LogP) is 3.12. The van der Waals surface area contributed by atoms with Crippen LogP contribution in [0, 0.1) is 10.1 Å². The summed E-state index contributed by atoms with van der Waals surface area (Å²) in [5.41, 5.74) is 1.03. The molecule has 29 heavy (non-hydrogen) atoms. The van der Waals surface area contributed by atoms with Gasteiger partial charge in [-0.05, 0) is 45.1 Å². The highest BCUT2D eigenvalue weighted by Crippen LogP contribution is 2.39. The molecule has 0 saturated carbocycles. The lowest BCUT2D eigenvalue weighted by molar-refractivity contribution is -0.385. The first-order valence-electron chi connectivity index (χ1n) is 9.27. The summed E-state index contributed by atoms with van der Waals surface area (Å²) in [6.07, 6.45) is 4.80. The second kappa shape index (κ2) is 8.60. The van der Waals surface area contributed by atoms with Crippen LogP contribution in [0.5, 0.6) is 5.88 Å². The number of hydrogen-bond donors (Lipinski definition) is 1. The van der Waals surface area contributed by atoms with Gasteiger partial charge in [-0.25, -0.2) is 9.48 Å². The normalized spacial score (nSPS) is 14.0. The van der Waals surface area contributed by atoms with Crippen molar-refractivity contribution in [3.8, 4) is 5.88 Å². The summed E-state index contributed by atoms with van der Waals surface area (Å²) in [7, 11) is 1.27. The van der Waals surface area contributed by atoms with Crippen LogP contribution < -0.4 is 10.1 Å². The molecule has 1 N–H and O–H groups in total. The number of carbonyl (C=O) groups excluding carboxylic acids is 2. The third kappa shape index (κ3) is 4.09. The molecule has 10 nitrogen and oxygen atoms in total. The van der Waals surface area contributed by atoms with Gasteiger partial charge in [0.05, 0.1) is 24.2 Å². The Labute approximate surface area is 170 Å². The molecule has 1 aliphatic carbocycles. The first-order valence-corrected chi connectivity index (χ1v) is 10.1. The number of nitro groups is 1. The van der Waals surface area contributed by atoms with Gasteiger partial charge in [-0.3, -0.25) is 14.9 Å². The summed E-state index contributed by atoms with van der Waals surface area (Å²) in [6, 6.07) is -0.855. The van der Waals surface area contributed by atoms with Crippen LogP contribution in [-0.4, -0.2) is 40.3 Å². The number of ether oxygens (including phenoxy) is 2. The van der Waals surface area contributed by atoms with E-state index in [4.69, 9.17) is 9.47 Å². The van der Waals surface area contributed by atoms with Crippen molar-refractivity contribution in [2.45, 2.75) is 45.6 Å². The van der Waals surface area contributed by atoms with Gasteiger partial charge in [-0.1, -0.05) is 0 Å². The van der Waals surface area contributed by atoms with Gasteiger partial charge >= 0.3 is 17.5 Å². The molecule has 2 heterocycles. The standard InChI is InChI=1S/C18H22N4O6S/c1-4-28-18(24)14-11-7-5-6-8-13(11)29-17(14)19-15(23)10(2)21-9-12(22(25)26)16(20-21)27-3/h9-10H,4-8H2,1-3H3,(H,19,23). The lowest BCUT2D eigenvalue weighted by atomic mass is 9.95. The highest BCUT2D eigenvalue weighted by Gasteiger charge is 2.30. The topological polar surface area (TPSA) is 126 Å². The molecule has 1 atom stereocenters. The number of thiophene rings is 1. The molecule has 1 amide bonds. The van der Waals surface area contributed by atoms with Gasteiger partial charge in [-0.2, -0.15) is 0 Å². The van der Waals surface area contributed by atoms with Gasteiger partial charge in [0.25, 0.3) is 0 Å². The molecule has 0 saturated heterocycles. The van der Waals surface area contributed by atoms with E-state index in [1.807, 2.05) is 0 Å². The first-order chi connectivity index (χ1) is 13.9. The number of amides is 1. The highest BCUT2D eigenvalue weighted by atomic mass is 32.1. The van der Waals surface area contributed by atoms with E-state index >= 15 is 0 Å². The molecule has 156 valence electrons. The number of fused-ring (bicyclic) bond motifs is 1. The average molecular weight is 422 g/mol. The van der Waals surface area contributed by atoms with Gasteiger partial charge in [-0.15, -0.1) is 16.4 Å². The molecule has 0 fully saturated rings. The SMILES string of the molecule is CCOC(=O)c1c(NC(=O)C(C)n2cc([N+](=O)[O-])c(OC)n2)sc2c1CCCC2. The van der Waals surface area contributed by atoms with E-state index in [-0.39, 0.29) is 18.2 Å². The highest BCUT2D eigenvalue weighted by molar-refractivity contribution is 7.17. The Balaban J connectivity index is 1.88. The molecule has 0 bridgehead atoms. The van der Waals surface area contributed by atoms with E-state index in [9.17, 15) is 19.7 Å². The van der Waals surface area contributed by atoms with Crippen molar-refractivity contribution in [1.82, 2.24) is 9.78 Å². The Hall–Kier alpha value is -2.95. The second-order valence-corrected chi connectivity index (χ2v) is 7.67. The zero-order chi connectivity index (χ0) is 21.1. The Morgan fingerprint density at radius 3 is 2.76 bits per heavy atom. The predicted molar refractivity (Wildman–Crippen MR) is 106 cm³/mol. The summed E-state index contributed by atoms with van der Waals surface area (Å²) in [4.78, 5) is 36.9. The molecule has 1 aliphatic rings. The first kappa shape index (κ1) is 20.8. The molecule has 11 heteroatoms. The molecule has 0 radical (unpaired) electrons. The smallest absolute Gasteiger partial charge is 0.350 e. The number of hydrogen-bond acceptors (Lipinski definition) is 8. The van der Waals surface area contributed by atoms with Crippen LogP contribution in [0.3, 0.4) is 0 Å². The maximum absolute atomic E-state index is 12.8. The summed E-state index contributed by atoms with van der Waals surface area (Å²) in [5.74, 6) is -1.08. The van der Waals surface area contributed by atoms with Crippen molar-refractivity contribution >= 4 is 33.9 Å². The lowest BCUT2D eigenvalue weighted by Crippen LogP contribution is -2.24. The van der Waals surface area contributed by atoms with Crippen molar-refractivity contribution in [2.24, 2.45) is 0 Å². The molecular formula is C18H22N4O6S. The van der Waals surface area contributed by atoms with Crippen LogP contribution in [0.1, 0.15) is 53.5 Å². The molecule has 0 aliphatic heterocycles. The van der Waals surface area contributed by atoms with Crippen LogP contribution >= 0.6 is 11.3 Å². The number of aryl methyl sites for hydroxylation is 1. The number of methoxy groups -OCH3 is 1. The van der Waals surface area contributed by atoms with Crippen LogP contribution in [0.15, 0.2) is 6.20 Å². The average Bonchev–Trinajstić information content (AvgIpc) is 3.28. The Morgan fingerprint density at radius 2 is 2.14 bits per heavy atom. The Morgan fingerprint density at radius 1 is 1.41 bits per heavy atom. The zero-order valence-electron chi connectivity index (χ0n) is 16.4. The van der Waals surface area contributed by atoms with E-state index in [0.717, 1.165) is 42.3 Å². The number of nitrogens with one attached hydrogen (secondary N) is 1. The van der Waals surface area contributed by atoms with E-state index < -0.39 is 22.8 Å². The molecule has 0 spiro atoms. The van der Waals surface area contributed by atoms with Gasteiger partial charge in [0, 0.05) is 4.88 Å². The summed E-state index contributed by atoms with van der Waals surface area (Å²) in [5, 5.41) is 18.3. The third-order valence-electron chi connectivity index (χ3n) is 4.73. The second-order valence-electron chi connectivity index (χ2n) is 6.56. The third-order valence-corrected chi connectivity index (χ3v) is 5.94. The minimum atomic E-state index is -0.855. The van der Waals surface area contributed by atoms with Crippen molar-refractivity contribution < 1.29 is 24.0 Å². The lowest BCUT2D eigenvalue weighted by Gasteiger charge is -2.13. The van der Waals surface area contributed by atoms with E-state index in [1.165, 1.54) is 23.1 Å². The molecule has 2 aromatic rings. The Bertz CT molecular complexity index is 951. The maximum Gasteiger partial charge on any atom is 0.350 e. The fourth-order valence-electron chi connectivity index (χ4n) is 3.24. The van der Waals surface area contributed by atoms with E-state index in [2.05, 4.69) is 10.4 Å². The number of carbonyl (C=O) groups is 2. The van der Waals surface area contributed by atoms with Crippen molar-refractivity contribution in [3.63, 3.8) is 0 Å². The quantitative estimate of drug-likeness (QED) is 0.413. The fourth-order valence-corrected chi connectivity index (χ4v) is 4.52. The fraction of sp³-hybridized carbons (Fsp3) is 0.500. The van der Waals surface area contributed by atoms with Gasteiger partial charge in [0.15, 0.2) is 0 Å². The summed E-state index contributed by atoms with van der Waals surface area (Å²) < 4.78 is 11.3. The summed E-state index contributed by atoms with van der Waals surface area (Å²) >= 11 is 1.38. The largest absolute Gasteiger partial charge is 0.475 e. The minimum absolute atomic E-state index is 0.173. The van der Waals surface area contributed by atoms with Crippen molar-refractivity contribution in [2.75, 3.05) is 19.0 Å². The van der Waals surface area contributed by atoms with E-state index in [1.54, 1.807) is 13.8 Å². The molecule has 2 aromatic heterocycles. The van der Waals surface area contributed by atoms with Gasteiger partial charge in [0.1, 0.15) is 17.2 Å². The minimum Gasteiger partial charge on any atom is -0.475 e. The zero-order valence-corrected chi connectivity index (χ0v) is 17.2. The number of aromatic nitrogens is 2. The monoisotopic (exact) mass is 422 g/mol. The van der Waals surface area contributed by atoms with Gasteiger partial charge < -0.3 is 14.8 Å². The molecular weight excluding hydrogens is 400 g/mol. The number of rotatable bonds is 7. The molecule has 3 rings (SSSR count). The van der Waals surface area contributed by atoms with Crippen LogP contribution in [0.2, 0.25) is 0 Å². The number of nitrogens with zero attached hydrogens (tertiary/aromatic N) is 3. The number of anilines is 1. The maximum atomic E-state index is 12.8. The number of esters is 1. The van der Waals surface area contributed by atoms with Crippen molar-refractivity contribution in [1.29, 1.82) is 0 Å². The van der Waals surface area contributed by atoms with E-state index in [0.29, 0.717) is 10.6 Å².